The summed E-state index contributed by atoms with van der Waals surface area (Å²) >= 11 is 0. The summed E-state index contributed by atoms with van der Waals surface area (Å²) in [6.45, 7) is 3.42. The van der Waals surface area contributed by atoms with Crippen molar-refractivity contribution in [3.63, 3.8) is 0 Å². The predicted molar refractivity (Wildman–Crippen MR) is 99.8 cm³/mol. The second-order valence-electron chi connectivity index (χ2n) is 6.64. The van der Waals surface area contributed by atoms with Crippen molar-refractivity contribution >= 4 is 26.4 Å². The fourth-order valence-corrected chi connectivity index (χ4v) is 4.87. The van der Waals surface area contributed by atoms with E-state index in [1.165, 1.54) is 18.3 Å². The van der Waals surface area contributed by atoms with Crippen LogP contribution < -0.4 is 4.90 Å². The highest BCUT2D eigenvalue weighted by Gasteiger charge is 2.28. The molecule has 0 saturated carbocycles. The molecule has 0 radical (unpaired) electrons. The third-order valence-corrected chi connectivity index (χ3v) is 6.58. The molecule has 134 valence electrons. The summed E-state index contributed by atoms with van der Waals surface area (Å²) in [7, 11) is -3.75. The molecule has 0 bridgehead atoms. The zero-order valence-electron chi connectivity index (χ0n) is 14.4. The lowest BCUT2D eigenvalue weighted by molar-refractivity contribution is 0.595. The Morgan fingerprint density at radius 1 is 1.04 bits per heavy atom. The van der Waals surface area contributed by atoms with Crippen LogP contribution in [0.2, 0.25) is 0 Å². The van der Waals surface area contributed by atoms with Crippen molar-refractivity contribution in [2.75, 3.05) is 18.0 Å². The van der Waals surface area contributed by atoms with Gasteiger partial charge in [0.1, 0.15) is 10.7 Å². The van der Waals surface area contributed by atoms with Crippen LogP contribution in [0.5, 0.6) is 0 Å². The van der Waals surface area contributed by atoms with Gasteiger partial charge < -0.3 is 4.90 Å². The number of anilines is 1. The number of aromatic nitrogens is 1. The highest BCUT2D eigenvalue weighted by molar-refractivity contribution is 7.91. The SMILES string of the molecule is Cc1ccc(S(=O)(=O)c2cnc3ccc(F)cc3c2N2CCCC2)cc1. The Kier molecular flexibility index (Phi) is 4.15. The van der Waals surface area contributed by atoms with E-state index in [2.05, 4.69) is 4.98 Å². The van der Waals surface area contributed by atoms with Crippen LogP contribution in [0.1, 0.15) is 18.4 Å². The van der Waals surface area contributed by atoms with Gasteiger partial charge in [0.05, 0.1) is 16.1 Å². The first-order chi connectivity index (χ1) is 12.5. The van der Waals surface area contributed by atoms with E-state index >= 15 is 0 Å². The van der Waals surface area contributed by atoms with E-state index in [1.54, 1.807) is 30.3 Å². The van der Waals surface area contributed by atoms with Crippen molar-refractivity contribution < 1.29 is 12.8 Å². The number of rotatable bonds is 3. The minimum atomic E-state index is -3.75. The second-order valence-corrected chi connectivity index (χ2v) is 8.56. The normalized spacial score (nSPS) is 14.9. The Bertz CT molecular complexity index is 1070. The van der Waals surface area contributed by atoms with Gasteiger partial charge in [-0.25, -0.2) is 12.8 Å². The summed E-state index contributed by atoms with van der Waals surface area (Å²) in [6.07, 6.45) is 3.38. The molecule has 1 saturated heterocycles. The van der Waals surface area contributed by atoms with Crippen LogP contribution in [-0.2, 0) is 9.84 Å². The van der Waals surface area contributed by atoms with Crippen LogP contribution in [0.15, 0.2) is 58.5 Å². The first-order valence-corrected chi connectivity index (χ1v) is 10.1. The van der Waals surface area contributed by atoms with Crippen LogP contribution in [-0.4, -0.2) is 26.5 Å². The molecule has 4 nitrogen and oxygen atoms in total. The topological polar surface area (TPSA) is 50.3 Å². The first-order valence-electron chi connectivity index (χ1n) is 8.62. The minimum Gasteiger partial charge on any atom is -0.370 e. The van der Waals surface area contributed by atoms with Gasteiger partial charge in [0.2, 0.25) is 9.84 Å². The molecule has 1 aliphatic rings. The zero-order valence-corrected chi connectivity index (χ0v) is 15.3. The third-order valence-electron chi connectivity index (χ3n) is 4.81. The fourth-order valence-electron chi connectivity index (χ4n) is 3.44. The quantitative estimate of drug-likeness (QED) is 0.696. The highest BCUT2D eigenvalue weighted by Crippen LogP contribution is 2.37. The number of hydrogen-bond acceptors (Lipinski definition) is 4. The molecular formula is C20H19FN2O2S. The maximum absolute atomic E-state index is 13.9. The van der Waals surface area contributed by atoms with Gasteiger partial charge in [0.15, 0.2) is 0 Å². The number of pyridine rings is 1. The van der Waals surface area contributed by atoms with Crippen LogP contribution in [0.25, 0.3) is 10.9 Å². The Morgan fingerprint density at radius 2 is 1.73 bits per heavy atom. The summed E-state index contributed by atoms with van der Waals surface area (Å²) < 4.78 is 40.5. The van der Waals surface area contributed by atoms with Gasteiger partial charge in [-0.1, -0.05) is 17.7 Å². The lowest BCUT2D eigenvalue weighted by atomic mass is 10.1. The van der Waals surface area contributed by atoms with Gasteiger partial charge in [-0.15, -0.1) is 0 Å². The molecule has 4 rings (SSSR count). The lowest BCUT2D eigenvalue weighted by Crippen LogP contribution is -2.21. The number of benzene rings is 2. The largest absolute Gasteiger partial charge is 0.370 e. The van der Waals surface area contributed by atoms with Crippen molar-refractivity contribution in [2.24, 2.45) is 0 Å². The van der Waals surface area contributed by atoms with E-state index in [0.717, 1.165) is 31.5 Å². The monoisotopic (exact) mass is 370 g/mol. The number of halogens is 1. The lowest BCUT2D eigenvalue weighted by Gasteiger charge is -2.23. The van der Waals surface area contributed by atoms with Crippen LogP contribution in [0.3, 0.4) is 0 Å². The number of fused-ring (bicyclic) bond motifs is 1. The van der Waals surface area contributed by atoms with Crippen molar-refractivity contribution in [3.8, 4) is 0 Å². The van der Waals surface area contributed by atoms with Crippen molar-refractivity contribution in [1.29, 1.82) is 0 Å². The molecule has 1 aliphatic heterocycles. The Labute approximate surface area is 152 Å². The highest BCUT2D eigenvalue weighted by atomic mass is 32.2. The number of sulfone groups is 1. The Balaban J connectivity index is 1.99. The summed E-state index contributed by atoms with van der Waals surface area (Å²) in [4.78, 5) is 6.69. The molecular weight excluding hydrogens is 351 g/mol. The molecule has 0 spiro atoms. The van der Waals surface area contributed by atoms with Crippen LogP contribution >= 0.6 is 0 Å². The van der Waals surface area contributed by atoms with Gasteiger partial charge in [0.25, 0.3) is 0 Å². The van der Waals surface area contributed by atoms with Crippen molar-refractivity contribution in [3.05, 3.63) is 60.0 Å². The van der Waals surface area contributed by atoms with Gasteiger partial charge in [-0.2, -0.15) is 0 Å². The summed E-state index contributed by atoms with van der Waals surface area (Å²) in [5.74, 6) is -0.398. The molecule has 0 atom stereocenters. The average Bonchev–Trinajstić information content (AvgIpc) is 3.15. The zero-order chi connectivity index (χ0) is 18.3. The predicted octanol–water partition coefficient (Wildman–Crippen LogP) is 4.12. The van der Waals surface area contributed by atoms with Gasteiger partial charge in [-0.3, -0.25) is 4.98 Å². The smallest absolute Gasteiger partial charge is 0.210 e. The molecule has 0 amide bonds. The molecule has 0 aliphatic carbocycles. The molecule has 6 heteroatoms. The van der Waals surface area contributed by atoms with E-state index in [-0.39, 0.29) is 9.79 Å². The van der Waals surface area contributed by atoms with Crippen molar-refractivity contribution in [1.82, 2.24) is 4.98 Å². The van der Waals surface area contributed by atoms with E-state index < -0.39 is 15.7 Å². The van der Waals surface area contributed by atoms with Gasteiger partial charge in [-0.05, 0) is 50.1 Å². The molecule has 1 fully saturated rings. The third kappa shape index (κ3) is 2.84. The van der Waals surface area contributed by atoms with E-state index in [4.69, 9.17) is 0 Å². The summed E-state index contributed by atoms with van der Waals surface area (Å²) in [6, 6.07) is 11.1. The molecule has 0 N–H and O–H groups in total. The molecule has 26 heavy (non-hydrogen) atoms. The molecule has 1 aromatic heterocycles. The maximum atomic E-state index is 13.9. The molecule has 2 aromatic carbocycles. The van der Waals surface area contributed by atoms with E-state index in [9.17, 15) is 12.8 Å². The van der Waals surface area contributed by atoms with Crippen LogP contribution in [0.4, 0.5) is 10.1 Å². The van der Waals surface area contributed by atoms with Gasteiger partial charge >= 0.3 is 0 Å². The van der Waals surface area contributed by atoms with Crippen molar-refractivity contribution in [2.45, 2.75) is 29.6 Å². The average molecular weight is 370 g/mol. The standard InChI is InChI=1S/C20H19FN2O2S/c1-14-4-7-16(8-5-14)26(24,25)19-13-22-18-9-6-15(21)12-17(18)20(19)23-10-2-3-11-23/h4-9,12-13H,2-3,10-11H2,1H3. The van der Waals surface area contributed by atoms with Crippen LogP contribution in [0, 0.1) is 12.7 Å². The number of aryl methyl sites for hydroxylation is 1. The first kappa shape index (κ1) is 17.0. The molecule has 2 heterocycles. The second kappa shape index (κ2) is 6.36. The van der Waals surface area contributed by atoms with Gasteiger partial charge in [0, 0.05) is 24.7 Å². The molecule has 3 aromatic rings. The maximum Gasteiger partial charge on any atom is 0.210 e. The minimum absolute atomic E-state index is 0.140. The Morgan fingerprint density at radius 3 is 2.42 bits per heavy atom. The number of hydrogen-bond donors (Lipinski definition) is 0. The fraction of sp³-hybridized carbons (Fsp3) is 0.250. The summed E-state index contributed by atoms with van der Waals surface area (Å²) in [5.41, 5.74) is 2.14. The van der Waals surface area contributed by atoms with E-state index in [1.807, 2.05) is 11.8 Å². The number of nitrogens with zero attached hydrogens (tertiary/aromatic N) is 2. The summed E-state index contributed by atoms with van der Waals surface area (Å²) in [5, 5.41) is 0.542. The van der Waals surface area contributed by atoms with E-state index in [0.29, 0.717) is 16.6 Å². The molecule has 0 unspecified atom stereocenters. The Hall–Kier alpha value is -2.47.